The van der Waals surface area contributed by atoms with Gasteiger partial charge in [-0.25, -0.2) is 0 Å². The summed E-state index contributed by atoms with van der Waals surface area (Å²) in [6.45, 7) is 9.07. The summed E-state index contributed by atoms with van der Waals surface area (Å²) in [6.07, 6.45) is 2.67. The molecule has 0 bridgehead atoms. The number of methoxy groups -OCH3 is 1. The van der Waals surface area contributed by atoms with Crippen LogP contribution in [0.25, 0.3) is 0 Å². The van der Waals surface area contributed by atoms with Gasteiger partial charge in [-0.3, -0.25) is 0 Å². The third-order valence-electron chi connectivity index (χ3n) is 5.07. The van der Waals surface area contributed by atoms with E-state index in [0.717, 1.165) is 26.0 Å². The van der Waals surface area contributed by atoms with Gasteiger partial charge in [-0.2, -0.15) is 0 Å². The van der Waals surface area contributed by atoms with E-state index < -0.39 is 0 Å². The Bertz CT molecular complexity index is 449. The maximum absolute atomic E-state index is 5.87. The van der Waals surface area contributed by atoms with E-state index in [-0.39, 0.29) is 5.41 Å². The molecule has 0 spiro atoms. The Morgan fingerprint density at radius 2 is 1.95 bits per heavy atom. The zero-order valence-corrected chi connectivity index (χ0v) is 13.8. The van der Waals surface area contributed by atoms with Gasteiger partial charge in [-0.1, -0.05) is 38.1 Å². The summed E-state index contributed by atoms with van der Waals surface area (Å²) in [5.74, 6) is 0. The Kier molecular flexibility index (Phi) is 5.80. The maximum Gasteiger partial charge on any atom is 0.0716 e. The molecule has 1 N–H and O–H groups in total. The topological polar surface area (TPSA) is 30.5 Å². The minimum Gasteiger partial charge on any atom is -0.380 e. The first kappa shape index (κ1) is 16.5. The predicted octanol–water partition coefficient (Wildman–Crippen LogP) is 3.52. The van der Waals surface area contributed by atoms with Crippen molar-refractivity contribution < 1.29 is 9.47 Å². The van der Waals surface area contributed by atoms with Gasteiger partial charge in [0.2, 0.25) is 0 Å². The Labute approximate surface area is 129 Å². The second kappa shape index (κ2) is 7.39. The molecule has 1 aliphatic carbocycles. The summed E-state index contributed by atoms with van der Waals surface area (Å²) in [6, 6.07) is 9.03. The molecule has 1 aromatic rings. The highest BCUT2D eigenvalue weighted by Gasteiger charge is 2.50. The molecule has 3 atom stereocenters. The van der Waals surface area contributed by atoms with Gasteiger partial charge in [-0.05, 0) is 30.9 Å². The molecule has 0 radical (unpaired) electrons. The lowest BCUT2D eigenvalue weighted by Gasteiger charge is -2.53. The summed E-state index contributed by atoms with van der Waals surface area (Å²) < 4.78 is 11.1. The first-order valence-electron chi connectivity index (χ1n) is 8.06. The summed E-state index contributed by atoms with van der Waals surface area (Å²) >= 11 is 0. The Morgan fingerprint density at radius 1 is 1.24 bits per heavy atom. The van der Waals surface area contributed by atoms with Crippen molar-refractivity contribution in [2.75, 3.05) is 13.7 Å². The fourth-order valence-electron chi connectivity index (χ4n) is 3.33. The number of hydrogen-bond donors (Lipinski definition) is 1. The minimum atomic E-state index is 0.256. The summed E-state index contributed by atoms with van der Waals surface area (Å²) in [5.41, 5.74) is 2.86. The Hall–Kier alpha value is -0.900. The fraction of sp³-hybridized carbons (Fsp3) is 0.667. The van der Waals surface area contributed by atoms with Crippen molar-refractivity contribution in [3.63, 3.8) is 0 Å². The van der Waals surface area contributed by atoms with Crippen LogP contribution in [0, 0.1) is 5.41 Å². The van der Waals surface area contributed by atoms with E-state index in [1.54, 1.807) is 7.11 Å². The van der Waals surface area contributed by atoms with Crippen molar-refractivity contribution >= 4 is 0 Å². The van der Waals surface area contributed by atoms with Gasteiger partial charge >= 0.3 is 0 Å². The van der Waals surface area contributed by atoms with E-state index in [0.29, 0.717) is 18.8 Å². The molecular formula is C18H29NO2. The van der Waals surface area contributed by atoms with Gasteiger partial charge in [-0.15, -0.1) is 0 Å². The van der Waals surface area contributed by atoms with E-state index in [1.165, 1.54) is 11.1 Å². The molecule has 21 heavy (non-hydrogen) atoms. The number of ether oxygens (including phenoxy) is 2. The first-order chi connectivity index (χ1) is 10.2. The smallest absolute Gasteiger partial charge is 0.0716 e. The second-order valence-corrected chi connectivity index (χ2v) is 6.17. The van der Waals surface area contributed by atoms with Crippen molar-refractivity contribution in [2.45, 2.75) is 58.9 Å². The SMILES string of the molecule is CCOC1CC(NCc2ccccc2COC)C1(C)CC. The molecule has 2 rings (SSSR count). The molecule has 1 saturated carbocycles. The molecule has 3 nitrogen and oxygen atoms in total. The molecule has 0 aromatic heterocycles. The van der Waals surface area contributed by atoms with Crippen molar-refractivity contribution in [1.29, 1.82) is 0 Å². The van der Waals surface area contributed by atoms with E-state index in [2.05, 4.69) is 50.4 Å². The molecule has 1 fully saturated rings. The molecule has 3 heteroatoms. The third kappa shape index (κ3) is 3.47. The first-order valence-corrected chi connectivity index (χ1v) is 8.06. The van der Waals surface area contributed by atoms with Gasteiger partial charge in [0.25, 0.3) is 0 Å². The normalized spacial score (nSPS) is 28.4. The average Bonchev–Trinajstić information content (AvgIpc) is 2.51. The van der Waals surface area contributed by atoms with Crippen LogP contribution in [0.15, 0.2) is 24.3 Å². The van der Waals surface area contributed by atoms with Crippen LogP contribution in [0.3, 0.4) is 0 Å². The fourth-order valence-corrected chi connectivity index (χ4v) is 3.33. The molecule has 118 valence electrons. The molecular weight excluding hydrogens is 262 g/mol. The largest absolute Gasteiger partial charge is 0.380 e. The van der Waals surface area contributed by atoms with Gasteiger partial charge in [0.1, 0.15) is 0 Å². The maximum atomic E-state index is 5.87. The zero-order chi connectivity index (χ0) is 15.3. The zero-order valence-electron chi connectivity index (χ0n) is 13.8. The molecule has 0 aliphatic heterocycles. The monoisotopic (exact) mass is 291 g/mol. The van der Waals surface area contributed by atoms with Crippen LogP contribution in [-0.2, 0) is 22.6 Å². The highest BCUT2D eigenvalue weighted by atomic mass is 16.5. The second-order valence-electron chi connectivity index (χ2n) is 6.17. The van der Waals surface area contributed by atoms with Crippen molar-refractivity contribution in [1.82, 2.24) is 5.32 Å². The Balaban J connectivity index is 1.95. The molecule has 0 amide bonds. The van der Waals surface area contributed by atoms with Gasteiger partial charge in [0.05, 0.1) is 12.7 Å². The third-order valence-corrected chi connectivity index (χ3v) is 5.07. The lowest BCUT2D eigenvalue weighted by Crippen LogP contribution is -2.62. The molecule has 0 heterocycles. The lowest BCUT2D eigenvalue weighted by molar-refractivity contribution is -0.126. The number of nitrogens with one attached hydrogen (secondary N) is 1. The average molecular weight is 291 g/mol. The summed E-state index contributed by atoms with van der Waals surface area (Å²) in [4.78, 5) is 0. The van der Waals surface area contributed by atoms with E-state index in [1.807, 2.05) is 0 Å². The standard InChI is InChI=1S/C18H29NO2/c1-5-18(3)16(11-17(18)21-6-2)19-12-14-9-7-8-10-15(14)13-20-4/h7-10,16-17,19H,5-6,11-13H2,1-4H3. The molecule has 3 unspecified atom stereocenters. The van der Waals surface area contributed by atoms with Crippen LogP contribution in [0.4, 0.5) is 0 Å². The van der Waals surface area contributed by atoms with Crippen LogP contribution >= 0.6 is 0 Å². The Morgan fingerprint density at radius 3 is 2.57 bits per heavy atom. The van der Waals surface area contributed by atoms with Crippen molar-refractivity contribution in [3.8, 4) is 0 Å². The number of benzene rings is 1. The summed E-state index contributed by atoms with van der Waals surface area (Å²) in [5, 5.41) is 3.73. The number of rotatable bonds is 8. The minimum absolute atomic E-state index is 0.256. The van der Waals surface area contributed by atoms with Gasteiger partial charge in [0, 0.05) is 31.7 Å². The van der Waals surface area contributed by atoms with E-state index in [4.69, 9.17) is 9.47 Å². The highest BCUT2D eigenvalue weighted by molar-refractivity contribution is 5.26. The van der Waals surface area contributed by atoms with Crippen LogP contribution in [-0.4, -0.2) is 25.9 Å². The van der Waals surface area contributed by atoms with Gasteiger partial charge in [0.15, 0.2) is 0 Å². The quantitative estimate of drug-likeness (QED) is 0.795. The van der Waals surface area contributed by atoms with Crippen LogP contribution in [0.5, 0.6) is 0 Å². The van der Waals surface area contributed by atoms with E-state index >= 15 is 0 Å². The predicted molar refractivity (Wildman–Crippen MR) is 86.2 cm³/mol. The highest BCUT2D eigenvalue weighted by Crippen LogP contribution is 2.45. The van der Waals surface area contributed by atoms with Crippen LogP contribution in [0.2, 0.25) is 0 Å². The van der Waals surface area contributed by atoms with Crippen molar-refractivity contribution in [2.24, 2.45) is 5.41 Å². The summed E-state index contributed by atoms with van der Waals surface area (Å²) in [7, 11) is 1.75. The molecule has 0 saturated heterocycles. The molecule has 1 aliphatic rings. The van der Waals surface area contributed by atoms with Gasteiger partial charge < -0.3 is 14.8 Å². The lowest BCUT2D eigenvalue weighted by atomic mass is 9.61. The van der Waals surface area contributed by atoms with Crippen LogP contribution < -0.4 is 5.32 Å². The van der Waals surface area contributed by atoms with Crippen molar-refractivity contribution in [3.05, 3.63) is 35.4 Å². The van der Waals surface area contributed by atoms with E-state index in [9.17, 15) is 0 Å². The molecule has 1 aromatic carbocycles. The number of hydrogen-bond acceptors (Lipinski definition) is 3. The van der Waals surface area contributed by atoms with Crippen LogP contribution in [0.1, 0.15) is 44.7 Å².